The summed E-state index contributed by atoms with van der Waals surface area (Å²) in [7, 11) is 0. The second-order valence-corrected chi connectivity index (χ2v) is 4.68. The number of nitrogens with two attached hydrogens (primary N) is 1. The predicted molar refractivity (Wildman–Crippen MR) is 70.2 cm³/mol. The van der Waals surface area contributed by atoms with Gasteiger partial charge in [0, 0.05) is 10.7 Å². The molecule has 0 fully saturated rings. The number of pyridine rings is 1. The van der Waals surface area contributed by atoms with Gasteiger partial charge in [0.15, 0.2) is 0 Å². The minimum atomic E-state index is -0.228. The molecule has 4 heteroatoms. The highest BCUT2D eigenvalue weighted by Crippen LogP contribution is 2.20. The van der Waals surface area contributed by atoms with Gasteiger partial charge in [-0.15, -0.1) is 0 Å². The second-order valence-electron chi connectivity index (χ2n) is 3.82. The normalized spacial score (nSPS) is 10.5. The smallest absolute Gasteiger partial charge is 0.124 e. The molecule has 0 radical (unpaired) electrons. The number of nitrogens with zero attached hydrogens (tertiary/aromatic N) is 1. The van der Waals surface area contributed by atoms with Crippen LogP contribution in [0.3, 0.4) is 0 Å². The van der Waals surface area contributed by atoms with E-state index in [0.29, 0.717) is 5.82 Å². The van der Waals surface area contributed by atoms with Crippen LogP contribution in [-0.2, 0) is 12.8 Å². The highest BCUT2D eigenvalue weighted by molar-refractivity contribution is 9.10. The van der Waals surface area contributed by atoms with Gasteiger partial charge in [0.25, 0.3) is 0 Å². The van der Waals surface area contributed by atoms with Gasteiger partial charge in [0.2, 0.25) is 0 Å². The van der Waals surface area contributed by atoms with Crippen molar-refractivity contribution in [2.45, 2.75) is 12.8 Å². The molecule has 0 atom stereocenters. The van der Waals surface area contributed by atoms with Crippen molar-refractivity contribution in [3.05, 3.63) is 57.9 Å². The van der Waals surface area contributed by atoms with Crippen molar-refractivity contribution in [1.82, 2.24) is 4.98 Å². The van der Waals surface area contributed by atoms with Gasteiger partial charge in [-0.3, -0.25) is 0 Å². The van der Waals surface area contributed by atoms with E-state index < -0.39 is 0 Å². The summed E-state index contributed by atoms with van der Waals surface area (Å²) >= 11 is 3.36. The highest BCUT2D eigenvalue weighted by atomic mass is 79.9. The maximum atomic E-state index is 12.9. The number of benzene rings is 1. The molecule has 2 rings (SSSR count). The SMILES string of the molecule is Nc1cc(CCc2ccc(F)cc2Br)ccn1. The first-order valence-electron chi connectivity index (χ1n) is 5.29. The quantitative estimate of drug-likeness (QED) is 0.943. The van der Waals surface area contributed by atoms with Crippen LogP contribution in [0.1, 0.15) is 11.1 Å². The van der Waals surface area contributed by atoms with Crippen molar-refractivity contribution >= 4 is 21.7 Å². The van der Waals surface area contributed by atoms with Gasteiger partial charge in [-0.1, -0.05) is 22.0 Å². The lowest BCUT2D eigenvalue weighted by Crippen LogP contribution is -1.96. The number of hydrogen-bond donors (Lipinski definition) is 1. The van der Waals surface area contributed by atoms with Crippen LogP contribution in [0.4, 0.5) is 10.2 Å². The standard InChI is InChI=1S/C13H12BrFN2/c14-12-8-11(15)4-3-10(12)2-1-9-5-6-17-13(16)7-9/h3-8H,1-2H2,(H2,16,17). The number of nitrogen functional groups attached to an aromatic ring is 1. The predicted octanol–water partition coefficient (Wildman–Crippen LogP) is 3.35. The van der Waals surface area contributed by atoms with E-state index in [0.717, 1.165) is 28.4 Å². The van der Waals surface area contributed by atoms with Crippen molar-refractivity contribution in [3.63, 3.8) is 0 Å². The summed E-state index contributed by atoms with van der Waals surface area (Å²) in [5.74, 6) is 0.300. The van der Waals surface area contributed by atoms with Crippen molar-refractivity contribution in [2.24, 2.45) is 0 Å². The number of rotatable bonds is 3. The molecule has 88 valence electrons. The van der Waals surface area contributed by atoms with Crippen LogP contribution in [-0.4, -0.2) is 4.98 Å². The van der Waals surface area contributed by atoms with E-state index in [-0.39, 0.29) is 5.82 Å². The minimum Gasteiger partial charge on any atom is -0.384 e. The van der Waals surface area contributed by atoms with Crippen LogP contribution < -0.4 is 5.73 Å². The Bertz CT molecular complexity index is 529. The fourth-order valence-electron chi connectivity index (χ4n) is 1.65. The molecule has 0 aliphatic carbocycles. The van der Waals surface area contributed by atoms with E-state index in [1.807, 2.05) is 12.1 Å². The molecule has 0 spiro atoms. The first-order valence-corrected chi connectivity index (χ1v) is 6.09. The Hall–Kier alpha value is -1.42. The third-order valence-corrected chi connectivity index (χ3v) is 3.28. The first kappa shape index (κ1) is 12.0. The van der Waals surface area contributed by atoms with Crippen molar-refractivity contribution in [1.29, 1.82) is 0 Å². The summed E-state index contributed by atoms with van der Waals surface area (Å²) in [6.45, 7) is 0. The molecule has 1 aromatic carbocycles. The fourth-order valence-corrected chi connectivity index (χ4v) is 2.20. The van der Waals surface area contributed by atoms with E-state index in [2.05, 4.69) is 20.9 Å². The summed E-state index contributed by atoms with van der Waals surface area (Å²) in [4.78, 5) is 3.94. The first-order chi connectivity index (χ1) is 8.15. The molecule has 17 heavy (non-hydrogen) atoms. The van der Waals surface area contributed by atoms with Gasteiger partial charge in [0.05, 0.1) is 0 Å². The van der Waals surface area contributed by atoms with Gasteiger partial charge >= 0.3 is 0 Å². The summed E-state index contributed by atoms with van der Waals surface area (Å²) in [6.07, 6.45) is 3.39. The largest absolute Gasteiger partial charge is 0.384 e. The van der Waals surface area contributed by atoms with Crippen molar-refractivity contribution in [3.8, 4) is 0 Å². The van der Waals surface area contributed by atoms with E-state index in [4.69, 9.17) is 5.73 Å². The summed E-state index contributed by atoms with van der Waals surface area (Å²) in [6, 6.07) is 8.55. The number of anilines is 1. The average molecular weight is 295 g/mol. The monoisotopic (exact) mass is 294 g/mol. The molecule has 2 aromatic rings. The molecule has 0 amide bonds. The Morgan fingerprint density at radius 3 is 2.71 bits per heavy atom. The van der Waals surface area contributed by atoms with Gasteiger partial charge in [-0.25, -0.2) is 9.37 Å². The Kier molecular flexibility index (Phi) is 3.74. The fraction of sp³-hybridized carbons (Fsp3) is 0.154. The molecule has 0 aliphatic rings. The van der Waals surface area contributed by atoms with E-state index in [1.54, 1.807) is 12.3 Å². The van der Waals surface area contributed by atoms with Crippen LogP contribution in [0.15, 0.2) is 41.0 Å². The zero-order valence-corrected chi connectivity index (χ0v) is 10.7. The summed E-state index contributed by atoms with van der Waals surface area (Å²) in [5.41, 5.74) is 7.83. The van der Waals surface area contributed by atoms with Gasteiger partial charge < -0.3 is 5.73 Å². The van der Waals surface area contributed by atoms with E-state index >= 15 is 0 Å². The summed E-state index contributed by atoms with van der Waals surface area (Å²) in [5, 5.41) is 0. The van der Waals surface area contributed by atoms with Crippen LogP contribution >= 0.6 is 15.9 Å². The molecular formula is C13H12BrFN2. The molecule has 2 nitrogen and oxygen atoms in total. The molecule has 0 bridgehead atoms. The zero-order valence-electron chi connectivity index (χ0n) is 9.16. The minimum absolute atomic E-state index is 0.228. The third-order valence-electron chi connectivity index (χ3n) is 2.54. The van der Waals surface area contributed by atoms with E-state index in [9.17, 15) is 4.39 Å². The zero-order chi connectivity index (χ0) is 12.3. The van der Waals surface area contributed by atoms with Gasteiger partial charge in [-0.2, -0.15) is 0 Å². The molecule has 0 unspecified atom stereocenters. The van der Waals surface area contributed by atoms with Crippen LogP contribution in [0.2, 0.25) is 0 Å². The average Bonchev–Trinajstić information content (AvgIpc) is 2.28. The lowest BCUT2D eigenvalue weighted by atomic mass is 10.1. The number of halogens is 2. The summed E-state index contributed by atoms with van der Waals surface area (Å²) < 4.78 is 13.7. The lowest BCUT2D eigenvalue weighted by molar-refractivity contribution is 0.626. The molecule has 1 heterocycles. The van der Waals surface area contributed by atoms with Crippen LogP contribution in [0.25, 0.3) is 0 Å². The van der Waals surface area contributed by atoms with Crippen molar-refractivity contribution in [2.75, 3.05) is 5.73 Å². The maximum absolute atomic E-state index is 12.9. The number of aromatic nitrogens is 1. The molecule has 0 aliphatic heterocycles. The maximum Gasteiger partial charge on any atom is 0.124 e. The number of aryl methyl sites for hydroxylation is 2. The Morgan fingerprint density at radius 1 is 1.18 bits per heavy atom. The van der Waals surface area contributed by atoms with Gasteiger partial charge in [-0.05, 0) is 48.2 Å². The topological polar surface area (TPSA) is 38.9 Å². The second kappa shape index (κ2) is 5.27. The van der Waals surface area contributed by atoms with E-state index in [1.165, 1.54) is 12.1 Å². The Balaban J connectivity index is 2.07. The van der Waals surface area contributed by atoms with Gasteiger partial charge in [0.1, 0.15) is 11.6 Å². The molecule has 0 saturated heterocycles. The molecular weight excluding hydrogens is 283 g/mol. The van der Waals surface area contributed by atoms with Crippen LogP contribution in [0, 0.1) is 5.82 Å². The molecule has 2 N–H and O–H groups in total. The molecule has 0 saturated carbocycles. The lowest BCUT2D eigenvalue weighted by Gasteiger charge is -2.05. The van der Waals surface area contributed by atoms with Crippen molar-refractivity contribution < 1.29 is 4.39 Å². The Morgan fingerprint density at radius 2 is 2.00 bits per heavy atom. The highest BCUT2D eigenvalue weighted by Gasteiger charge is 2.02. The van der Waals surface area contributed by atoms with Crippen LogP contribution in [0.5, 0.6) is 0 Å². The Labute approximate surface area is 108 Å². The third kappa shape index (κ3) is 3.27. The molecule has 1 aromatic heterocycles. The number of hydrogen-bond acceptors (Lipinski definition) is 2.